The molecule has 19 heavy (non-hydrogen) atoms. The zero-order valence-corrected chi connectivity index (χ0v) is 10.9. The van der Waals surface area contributed by atoms with Crippen molar-refractivity contribution in [1.82, 2.24) is 4.57 Å². The molecule has 0 unspecified atom stereocenters. The van der Waals surface area contributed by atoms with Crippen LogP contribution < -0.4 is 16.0 Å². The van der Waals surface area contributed by atoms with Gasteiger partial charge < -0.3 is 9.67 Å². The highest BCUT2D eigenvalue weighted by atomic mass is 16.4. The van der Waals surface area contributed by atoms with Gasteiger partial charge in [-0.3, -0.25) is 9.59 Å². The predicted octanol–water partition coefficient (Wildman–Crippen LogP) is 0.687. The molecule has 4 nitrogen and oxygen atoms in total. The maximum atomic E-state index is 12.4. The summed E-state index contributed by atoms with van der Waals surface area (Å²) in [4.78, 5) is 23.4. The summed E-state index contributed by atoms with van der Waals surface area (Å²) in [6.45, 7) is 3.42. The minimum Gasteiger partial charge on any atom is -0.480 e. The Hall–Kier alpha value is -2.36. The molecule has 0 radical (unpaired) electrons. The molecule has 0 bridgehead atoms. The highest BCUT2D eigenvalue weighted by Crippen LogP contribution is 2.06. The molecule has 4 heteroatoms. The van der Waals surface area contributed by atoms with Gasteiger partial charge in [0.1, 0.15) is 6.54 Å². The molecule has 1 aromatic heterocycles. The summed E-state index contributed by atoms with van der Waals surface area (Å²) in [6, 6.07) is 7.08. The van der Waals surface area contributed by atoms with Gasteiger partial charge in [-0.05, 0) is 26.0 Å². The Morgan fingerprint density at radius 2 is 1.95 bits per heavy atom. The SMILES string of the molecule is C/C=c1/c(=O)c2ccccc2n(CC(=O)O)/c1=C/C. The van der Waals surface area contributed by atoms with Crippen molar-refractivity contribution in [3.8, 4) is 0 Å². The minimum absolute atomic E-state index is 0.0622. The van der Waals surface area contributed by atoms with Gasteiger partial charge in [-0.25, -0.2) is 0 Å². The van der Waals surface area contributed by atoms with Crippen molar-refractivity contribution in [2.45, 2.75) is 20.4 Å². The third-order valence-corrected chi connectivity index (χ3v) is 3.11. The van der Waals surface area contributed by atoms with E-state index in [1.54, 1.807) is 54.8 Å². The number of para-hydroxylation sites is 1. The first-order valence-electron chi connectivity index (χ1n) is 6.06. The molecule has 0 aliphatic rings. The Balaban J connectivity index is 3.12. The lowest BCUT2D eigenvalue weighted by molar-refractivity contribution is -0.137. The molecule has 1 N–H and O–H groups in total. The van der Waals surface area contributed by atoms with Gasteiger partial charge in [-0.2, -0.15) is 0 Å². The molecular formula is C15H15NO3. The lowest BCUT2D eigenvalue weighted by Crippen LogP contribution is -2.46. The minimum atomic E-state index is -0.932. The summed E-state index contributed by atoms with van der Waals surface area (Å²) in [5.41, 5.74) is 0.585. The number of pyridine rings is 1. The van der Waals surface area contributed by atoms with Gasteiger partial charge in [-0.1, -0.05) is 24.3 Å². The topological polar surface area (TPSA) is 59.3 Å². The maximum Gasteiger partial charge on any atom is 0.323 e. The van der Waals surface area contributed by atoms with Crippen molar-refractivity contribution in [3.63, 3.8) is 0 Å². The van der Waals surface area contributed by atoms with Crippen LogP contribution in [0.15, 0.2) is 29.1 Å². The van der Waals surface area contributed by atoms with Crippen molar-refractivity contribution >= 4 is 29.0 Å². The van der Waals surface area contributed by atoms with E-state index in [4.69, 9.17) is 5.11 Å². The molecule has 1 aromatic carbocycles. The van der Waals surface area contributed by atoms with E-state index in [1.165, 1.54) is 0 Å². The number of hydrogen-bond acceptors (Lipinski definition) is 2. The normalized spacial score (nSPS) is 13.2. The van der Waals surface area contributed by atoms with E-state index >= 15 is 0 Å². The van der Waals surface area contributed by atoms with Crippen LogP contribution in [0.25, 0.3) is 23.1 Å². The zero-order chi connectivity index (χ0) is 14.0. The van der Waals surface area contributed by atoms with Crippen LogP contribution in [0.1, 0.15) is 13.8 Å². The van der Waals surface area contributed by atoms with Crippen molar-refractivity contribution in [3.05, 3.63) is 45.1 Å². The lowest BCUT2D eigenvalue weighted by Gasteiger charge is -2.10. The quantitative estimate of drug-likeness (QED) is 0.861. The Kier molecular flexibility index (Phi) is 3.51. The van der Waals surface area contributed by atoms with E-state index in [0.29, 0.717) is 21.5 Å². The van der Waals surface area contributed by atoms with Crippen LogP contribution in [0.3, 0.4) is 0 Å². The van der Waals surface area contributed by atoms with Crippen molar-refractivity contribution < 1.29 is 9.90 Å². The first kappa shape index (κ1) is 13.1. The number of benzene rings is 1. The number of nitrogens with zero attached hydrogens (tertiary/aromatic N) is 1. The molecule has 0 atom stereocenters. The molecular weight excluding hydrogens is 242 g/mol. The second-order valence-electron chi connectivity index (χ2n) is 4.20. The molecule has 0 aliphatic heterocycles. The van der Waals surface area contributed by atoms with Gasteiger partial charge in [0.15, 0.2) is 5.43 Å². The van der Waals surface area contributed by atoms with Crippen molar-refractivity contribution in [2.75, 3.05) is 0 Å². The number of aromatic nitrogens is 1. The Morgan fingerprint density at radius 3 is 2.53 bits per heavy atom. The molecule has 0 spiro atoms. The molecule has 0 aliphatic carbocycles. The number of hydrogen-bond donors (Lipinski definition) is 1. The smallest absolute Gasteiger partial charge is 0.323 e. The van der Waals surface area contributed by atoms with Gasteiger partial charge in [-0.15, -0.1) is 0 Å². The fourth-order valence-corrected chi connectivity index (χ4v) is 2.33. The van der Waals surface area contributed by atoms with Gasteiger partial charge in [0.05, 0.1) is 5.52 Å². The van der Waals surface area contributed by atoms with E-state index in [2.05, 4.69) is 0 Å². The standard InChI is InChI=1S/C15H15NO3/c1-3-10-12(4-2)16(9-14(17)18)13-8-6-5-7-11(13)15(10)19/h3-8H,9H2,1-2H3,(H,17,18)/b10-3+,12-4+. The molecule has 0 saturated heterocycles. The summed E-state index contributed by atoms with van der Waals surface area (Å²) in [5.74, 6) is -0.932. The summed E-state index contributed by atoms with van der Waals surface area (Å²) in [5, 5.41) is 10.8. The van der Waals surface area contributed by atoms with E-state index in [0.717, 1.165) is 0 Å². The van der Waals surface area contributed by atoms with Crippen LogP contribution >= 0.6 is 0 Å². The third-order valence-electron chi connectivity index (χ3n) is 3.11. The fourth-order valence-electron chi connectivity index (χ4n) is 2.33. The first-order valence-corrected chi connectivity index (χ1v) is 6.06. The second kappa shape index (κ2) is 5.10. The van der Waals surface area contributed by atoms with Gasteiger partial charge in [0.2, 0.25) is 0 Å². The third kappa shape index (κ3) is 2.17. The average Bonchev–Trinajstić information content (AvgIpc) is 2.41. The van der Waals surface area contributed by atoms with Gasteiger partial charge >= 0.3 is 5.97 Å². The van der Waals surface area contributed by atoms with Crippen molar-refractivity contribution in [1.29, 1.82) is 0 Å². The van der Waals surface area contributed by atoms with Crippen LogP contribution in [-0.4, -0.2) is 15.6 Å². The summed E-state index contributed by atoms with van der Waals surface area (Å²) in [7, 11) is 0. The second-order valence-corrected chi connectivity index (χ2v) is 4.20. The summed E-state index contributed by atoms with van der Waals surface area (Å²) in [6.07, 6.45) is 3.49. The molecule has 98 valence electrons. The van der Waals surface area contributed by atoms with Crippen LogP contribution in [-0.2, 0) is 11.3 Å². The predicted molar refractivity (Wildman–Crippen MR) is 75.4 cm³/mol. The number of rotatable bonds is 2. The summed E-state index contributed by atoms with van der Waals surface area (Å²) < 4.78 is 1.66. The highest BCUT2D eigenvalue weighted by Gasteiger charge is 2.09. The fraction of sp³-hybridized carbons (Fsp3) is 0.200. The highest BCUT2D eigenvalue weighted by molar-refractivity contribution is 5.80. The van der Waals surface area contributed by atoms with Crippen molar-refractivity contribution in [2.24, 2.45) is 0 Å². The van der Waals surface area contributed by atoms with Crippen LogP contribution in [0.2, 0.25) is 0 Å². The largest absolute Gasteiger partial charge is 0.480 e. The van der Waals surface area contributed by atoms with E-state index in [-0.39, 0.29) is 12.0 Å². The van der Waals surface area contributed by atoms with Crippen LogP contribution in [0.5, 0.6) is 0 Å². The van der Waals surface area contributed by atoms with Gasteiger partial charge in [0, 0.05) is 16.0 Å². The molecule has 0 saturated carbocycles. The van der Waals surface area contributed by atoms with Crippen LogP contribution in [0.4, 0.5) is 0 Å². The number of fused-ring (bicyclic) bond motifs is 1. The monoisotopic (exact) mass is 257 g/mol. The Labute approximate surface area is 109 Å². The molecule has 2 aromatic rings. The molecule has 0 amide bonds. The van der Waals surface area contributed by atoms with E-state index in [1.807, 2.05) is 0 Å². The summed E-state index contributed by atoms with van der Waals surface area (Å²) >= 11 is 0. The Bertz CT molecular complexity index is 816. The first-order chi connectivity index (χ1) is 9.10. The lowest BCUT2D eigenvalue weighted by atomic mass is 10.1. The molecule has 0 fully saturated rings. The zero-order valence-electron chi connectivity index (χ0n) is 10.9. The number of carboxylic acid groups (broad SMARTS) is 1. The van der Waals surface area contributed by atoms with E-state index in [9.17, 15) is 9.59 Å². The number of carboxylic acids is 1. The molecule has 1 heterocycles. The Morgan fingerprint density at radius 1 is 1.26 bits per heavy atom. The van der Waals surface area contributed by atoms with E-state index < -0.39 is 5.97 Å². The van der Waals surface area contributed by atoms with Crippen LogP contribution in [0, 0.1) is 0 Å². The maximum absolute atomic E-state index is 12.4. The average molecular weight is 257 g/mol. The number of aliphatic carboxylic acids is 1. The molecule has 2 rings (SSSR count). The number of carbonyl (C=O) groups is 1. The van der Waals surface area contributed by atoms with Gasteiger partial charge in [0.25, 0.3) is 0 Å².